The van der Waals surface area contributed by atoms with Gasteiger partial charge in [0.05, 0.1) is 17.3 Å². The summed E-state index contributed by atoms with van der Waals surface area (Å²) in [5.74, 6) is -0.129. The van der Waals surface area contributed by atoms with Crippen molar-refractivity contribution < 1.29 is 9.53 Å². The normalized spacial score (nSPS) is 10.5. The molecule has 0 saturated heterocycles. The van der Waals surface area contributed by atoms with Gasteiger partial charge in [-0.1, -0.05) is 6.07 Å². The summed E-state index contributed by atoms with van der Waals surface area (Å²) in [7, 11) is 1.61. The lowest BCUT2D eigenvalue weighted by Gasteiger charge is -2.21. The number of halogens is 1. The number of ether oxygens (including phenoxy) is 1. The van der Waals surface area contributed by atoms with Crippen LogP contribution in [0, 0.1) is 0 Å². The number of H-pyrrole nitrogens is 1. The molecular weight excluding hydrogens is 324 g/mol. The van der Waals surface area contributed by atoms with Gasteiger partial charge in [-0.05, 0) is 27.6 Å². The fraction of sp³-hybridized carbons (Fsp3) is 0.308. The lowest BCUT2D eigenvalue weighted by Crippen LogP contribution is -2.34. The predicted octanol–water partition coefficient (Wildman–Crippen LogP) is 1.86. The molecule has 0 saturated carbocycles. The third kappa shape index (κ3) is 3.64. The number of carbonyl (C=O) groups excluding carboxylic acids is 1. The average molecular weight is 339 g/mol. The van der Waals surface area contributed by atoms with E-state index in [1.165, 1.54) is 0 Å². The Balaban J connectivity index is 2.15. The van der Waals surface area contributed by atoms with Crippen molar-refractivity contribution in [3.63, 3.8) is 0 Å². The molecule has 0 aliphatic rings. The smallest absolute Gasteiger partial charge is 0.273 e. The minimum absolute atomic E-state index is 0.129. The lowest BCUT2D eigenvalue weighted by atomic mass is 10.2. The molecule has 0 fully saturated rings. The first-order valence-corrected chi connectivity index (χ1v) is 6.87. The Morgan fingerprint density at radius 3 is 2.95 bits per heavy atom. The standard InChI is InChI=1S/C13H15BrN4O2/c1-20-6-5-18(9-10-3-2-4-15-7-10)13(19)12-11(14)8-16-17-12/h2-4,7-8H,5-6,9H2,1H3,(H,16,17). The van der Waals surface area contributed by atoms with Crippen molar-refractivity contribution in [1.29, 1.82) is 0 Å². The van der Waals surface area contributed by atoms with Crippen molar-refractivity contribution in [3.8, 4) is 0 Å². The summed E-state index contributed by atoms with van der Waals surface area (Å²) in [5, 5.41) is 6.55. The molecule has 0 aliphatic heterocycles. The van der Waals surface area contributed by atoms with E-state index in [1.807, 2.05) is 12.1 Å². The fourth-order valence-corrected chi connectivity index (χ4v) is 2.11. The Hall–Kier alpha value is -1.73. The maximum atomic E-state index is 12.5. The van der Waals surface area contributed by atoms with E-state index >= 15 is 0 Å². The van der Waals surface area contributed by atoms with Gasteiger partial charge in [0, 0.05) is 32.6 Å². The molecule has 20 heavy (non-hydrogen) atoms. The Bertz CT molecular complexity index is 559. The van der Waals surface area contributed by atoms with Crippen LogP contribution < -0.4 is 0 Å². The van der Waals surface area contributed by atoms with Gasteiger partial charge in [0.1, 0.15) is 5.69 Å². The highest BCUT2D eigenvalue weighted by Gasteiger charge is 2.20. The van der Waals surface area contributed by atoms with E-state index in [1.54, 1.807) is 30.6 Å². The molecule has 6 nitrogen and oxygen atoms in total. The van der Waals surface area contributed by atoms with Crippen LogP contribution in [-0.4, -0.2) is 46.2 Å². The molecule has 0 aromatic carbocycles. The minimum atomic E-state index is -0.129. The summed E-state index contributed by atoms with van der Waals surface area (Å²) < 4.78 is 5.71. The molecule has 1 amide bonds. The summed E-state index contributed by atoms with van der Waals surface area (Å²) in [6, 6.07) is 3.78. The number of rotatable bonds is 6. The number of nitrogens with one attached hydrogen (secondary N) is 1. The molecule has 106 valence electrons. The van der Waals surface area contributed by atoms with Gasteiger partial charge in [-0.15, -0.1) is 0 Å². The van der Waals surface area contributed by atoms with Crippen LogP contribution in [0.4, 0.5) is 0 Å². The Morgan fingerprint density at radius 1 is 1.50 bits per heavy atom. The van der Waals surface area contributed by atoms with E-state index in [9.17, 15) is 4.79 Å². The maximum Gasteiger partial charge on any atom is 0.273 e. The number of hydrogen-bond donors (Lipinski definition) is 1. The fourth-order valence-electron chi connectivity index (χ4n) is 1.75. The summed E-state index contributed by atoms with van der Waals surface area (Å²) >= 11 is 3.30. The van der Waals surface area contributed by atoms with Crippen molar-refractivity contribution in [1.82, 2.24) is 20.1 Å². The van der Waals surface area contributed by atoms with Crippen LogP contribution in [0.2, 0.25) is 0 Å². The number of aromatic amines is 1. The number of hydrogen-bond acceptors (Lipinski definition) is 4. The van der Waals surface area contributed by atoms with Gasteiger partial charge >= 0.3 is 0 Å². The molecule has 0 spiro atoms. The molecule has 2 aromatic rings. The van der Waals surface area contributed by atoms with Crippen LogP contribution in [0.3, 0.4) is 0 Å². The van der Waals surface area contributed by atoms with Crippen LogP contribution in [-0.2, 0) is 11.3 Å². The van der Waals surface area contributed by atoms with Gasteiger partial charge in [0.15, 0.2) is 0 Å². The summed E-state index contributed by atoms with van der Waals surface area (Å²) in [6.45, 7) is 1.44. The maximum absolute atomic E-state index is 12.5. The Labute approximate surface area is 125 Å². The molecule has 7 heteroatoms. The lowest BCUT2D eigenvalue weighted by molar-refractivity contribution is 0.0673. The van der Waals surface area contributed by atoms with Gasteiger partial charge in [-0.2, -0.15) is 5.10 Å². The summed E-state index contributed by atoms with van der Waals surface area (Å²) in [6.07, 6.45) is 5.01. The quantitative estimate of drug-likeness (QED) is 0.872. The van der Waals surface area contributed by atoms with E-state index in [2.05, 4.69) is 31.1 Å². The SMILES string of the molecule is COCCN(Cc1cccnc1)C(=O)c1[nH]ncc1Br. The molecule has 1 N–H and O–H groups in total. The molecular formula is C13H15BrN4O2. The zero-order valence-corrected chi connectivity index (χ0v) is 12.6. The van der Waals surface area contributed by atoms with E-state index in [0.29, 0.717) is 29.9 Å². The largest absolute Gasteiger partial charge is 0.383 e. The van der Waals surface area contributed by atoms with E-state index in [4.69, 9.17) is 4.74 Å². The number of nitrogens with zero attached hydrogens (tertiary/aromatic N) is 3. The van der Waals surface area contributed by atoms with E-state index in [-0.39, 0.29) is 5.91 Å². The highest BCUT2D eigenvalue weighted by Crippen LogP contribution is 2.16. The van der Waals surface area contributed by atoms with Gasteiger partial charge in [-0.25, -0.2) is 0 Å². The summed E-state index contributed by atoms with van der Waals surface area (Å²) in [5.41, 5.74) is 1.40. The highest BCUT2D eigenvalue weighted by molar-refractivity contribution is 9.10. The Kier molecular flexibility index (Phi) is 5.25. The van der Waals surface area contributed by atoms with E-state index < -0.39 is 0 Å². The van der Waals surface area contributed by atoms with Gasteiger partial charge < -0.3 is 9.64 Å². The van der Waals surface area contributed by atoms with Crippen LogP contribution >= 0.6 is 15.9 Å². The van der Waals surface area contributed by atoms with Gasteiger partial charge in [0.2, 0.25) is 0 Å². The monoisotopic (exact) mass is 338 g/mol. The third-order valence-electron chi connectivity index (χ3n) is 2.76. The van der Waals surface area contributed by atoms with Crippen molar-refractivity contribution >= 4 is 21.8 Å². The number of aromatic nitrogens is 3. The second-order valence-corrected chi connectivity index (χ2v) is 5.03. The molecule has 2 heterocycles. The number of methoxy groups -OCH3 is 1. The molecule has 0 radical (unpaired) electrons. The first-order chi connectivity index (χ1) is 9.72. The average Bonchev–Trinajstić information content (AvgIpc) is 2.90. The van der Waals surface area contributed by atoms with Gasteiger partial charge in [0.25, 0.3) is 5.91 Å². The van der Waals surface area contributed by atoms with Crippen LogP contribution in [0.15, 0.2) is 35.2 Å². The molecule has 0 aliphatic carbocycles. The predicted molar refractivity (Wildman–Crippen MR) is 77.1 cm³/mol. The van der Waals surface area contributed by atoms with Crippen molar-refractivity contribution in [2.75, 3.05) is 20.3 Å². The first-order valence-electron chi connectivity index (χ1n) is 6.08. The molecule has 2 aromatic heterocycles. The van der Waals surface area contributed by atoms with Crippen LogP contribution in [0.25, 0.3) is 0 Å². The van der Waals surface area contributed by atoms with Crippen LogP contribution in [0.5, 0.6) is 0 Å². The van der Waals surface area contributed by atoms with E-state index in [0.717, 1.165) is 5.56 Å². The van der Waals surface area contributed by atoms with Crippen molar-refractivity contribution in [2.45, 2.75) is 6.54 Å². The second kappa shape index (κ2) is 7.16. The topological polar surface area (TPSA) is 71.1 Å². The molecule has 0 atom stereocenters. The minimum Gasteiger partial charge on any atom is -0.383 e. The number of carbonyl (C=O) groups is 1. The first kappa shape index (κ1) is 14.7. The van der Waals surface area contributed by atoms with Crippen molar-refractivity contribution in [2.24, 2.45) is 0 Å². The number of amides is 1. The Morgan fingerprint density at radius 2 is 2.35 bits per heavy atom. The zero-order valence-electron chi connectivity index (χ0n) is 11.0. The van der Waals surface area contributed by atoms with Crippen LogP contribution in [0.1, 0.15) is 16.1 Å². The van der Waals surface area contributed by atoms with Crippen molar-refractivity contribution in [3.05, 3.63) is 46.5 Å². The molecule has 0 bridgehead atoms. The number of pyridine rings is 1. The summed E-state index contributed by atoms with van der Waals surface area (Å²) in [4.78, 5) is 18.2. The third-order valence-corrected chi connectivity index (χ3v) is 3.36. The highest BCUT2D eigenvalue weighted by atomic mass is 79.9. The molecule has 0 unspecified atom stereocenters. The van der Waals surface area contributed by atoms with Gasteiger partial charge in [-0.3, -0.25) is 14.9 Å². The second-order valence-electron chi connectivity index (χ2n) is 4.17. The zero-order chi connectivity index (χ0) is 14.4. The molecule has 2 rings (SSSR count).